The fraction of sp³-hybridized carbons (Fsp3) is 0.400. The van der Waals surface area contributed by atoms with Gasteiger partial charge in [0.15, 0.2) is 5.03 Å². The first-order valence-electron chi connectivity index (χ1n) is 6.73. The third kappa shape index (κ3) is 2.83. The first-order chi connectivity index (χ1) is 9.33. The monoisotopic (exact) mass is 292 g/mol. The van der Waals surface area contributed by atoms with Gasteiger partial charge < -0.3 is 0 Å². The molecule has 0 radical (unpaired) electrons. The van der Waals surface area contributed by atoms with Gasteiger partial charge in [-0.05, 0) is 30.7 Å². The molecule has 0 aliphatic rings. The predicted octanol–water partition coefficient (Wildman–Crippen LogP) is 3.04. The van der Waals surface area contributed by atoms with E-state index in [0.717, 1.165) is 10.9 Å². The minimum Gasteiger partial charge on any atom is -0.243 e. The molecule has 0 atom stereocenters. The maximum atomic E-state index is 12.4. The van der Waals surface area contributed by atoms with Crippen LogP contribution in [0.2, 0.25) is 0 Å². The third-order valence-electron chi connectivity index (χ3n) is 3.06. The number of sulfonamides is 1. The third-order valence-corrected chi connectivity index (χ3v) is 4.67. The number of fused-ring (bicyclic) bond motifs is 1. The molecule has 5 heteroatoms. The van der Waals surface area contributed by atoms with E-state index >= 15 is 0 Å². The summed E-state index contributed by atoms with van der Waals surface area (Å²) in [6, 6.07) is 7.35. The van der Waals surface area contributed by atoms with Crippen molar-refractivity contribution in [2.45, 2.75) is 44.7 Å². The molecule has 108 valence electrons. The Balaban J connectivity index is 2.71. The molecule has 0 aliphatic carbocycles. The van der Waals surface area contributed by atoms with Gasteiger partial charge in [-0.25, -0.2) is 18.1 Å². The van der Waals surface area contributed by atoms with Crippen molar-refractivity contribution in [3.63, 3.8) is 0 Å². The number of nitrogens with zero attached hydrogens (tertiary/aromatic N) is 1. The zero-order valence-electron chi connectivity index (χ0n) is 12.2. The summed E-state index contributed by atoms with van der Waals surface area (Å²) in [4.78, 5) is 4.20. The summed E-state index contributed by atoms with van der Waals surface area (Å²) < 4.78 is 27.3. The van der Waals surface area contributed by atoms with Crippen LogP contribution in [0.3, 0.4) is 0 Å². The minimum atomic E-state index is -3.59. The van der Waals surface area contributed by atoms with Crippen LogP contribution in [-0.4, -0.2) is 19.4 Å². The van der Waals surface area contributed by atoms with Crippen LogP contribution in [0.5, 0.6) is 0 Å². The number of hydrogen-bond donors (Lipinski definition) is 1. The maximum absolute atomic E-state index is 12.4. The van der Waals surface area contributed by atoms with E-state index in [2.05, 4.69) is 23.6 Å². The van der Waals surface area contributed by atoms with Gasteiger partial charge in [-0.15, -0.1) is 0 Å². The Morgan fingerprint density at radius 1 is 1.05 bits per heavy atom. The number of aromatic nitrogens is 1. The second-order valence-electron chi connectivity index (χ2n) is 5.49. The Labute approximate surface area is 120 Å². The summed E-state index contributed by atoms with van der Waals surface area (Å²) in [5.41, 5.74) is 1.06. The molecule has 0 aliphatic heterocycles. The van der Waals surface area contributed by atoms with Crippen LogP contribution in [0.1, 0.15) is 39.2 Å². The van der Waals surface area contributed by atoms with E-state index in [1.165, 1.54) is 0 Å². The molecule has 4 nitrogen and oxygen atoms in total. The maximum Gasteiger partial charge on any atom is 0.258 e. The minimum absolute atomic E-state index is 0.103. The standard InChI is InChI=1S/C15H20N2O2S/c1-10(2)14-9-16-15(20(18,19)17-11(3)4)13-8-6-5-7-12(13)14/h5-11,17H,1-4H3. The topological polar surface area (TPSA) is 59.1 Å². The molecule has 0 bridgehead atoms. The van der Waals surface area contributed by atoms with Gasteiger partial charge in [0.25, 0.3) is 10.0 Å². The average Bonchev–Trinajstić information content (AvgIpc) is 2.35. The molecular formula is C15H20N2O2S. The summed E-state index contributed by atoms with van der Waals surface area (Å²) in [5, 5.41) is 1.72. The van der Waals surface area contributed by atoms with Crippen molar-refractivity contribution in [1.82, 2.24) is 9.71 Å². The van der Waals surface area contributed by atoms with E-state index in [-0.39, 0.29) is 11.1 Å². The smallest absolute Gasteiger partial charge is 0.243 e. The van der Waals surface area contributed by atoms with Gasteiger partial charge in [0.1, 0.15) is 0 Å². The zero-order chi connectivity index (χ0) is 14.9. The van der Waals surface area contributed by atoms with Crippen LogP contribution in [0.15, 0.2) is 35.5 Å². The van der Waals surface area contributed by atoms with Gasteiger partial charge in [0.05, 0.1) is 0 Å². The molecule has 1 N–H and O–H groups in total. The van der Waals surface area contributed by atoms with Crippen molar-refractivity contribution in [3.05, 3.63) is 36.0 Å². The normalized spacial score (nSPS) is 12.5. The van der Waals surface area contributed by atoms with Gasteiger partial charge in [-0.3, -0.25) is 0 Å². The fourth-order valence-corrected chi connectivity index (χ4v) is 3.62. The molecule has 0 saturated heterocycles. The highest BCUT2D eigenvalue weighted by Crippen LogP contribution is 2.28. The lowest BCUT2D eigenvalue weighted by Gasteiger charge is -2.14. The largest absolute Gasteiger partial charge is 0.258 e. The van der Waals surface area contributed by atoms with Crippen molar-refractivity contribution < 1.29 is 8.42 Å². The lowest BCUT2D eigenvalue weighted by Crippen LogP contribution is -2.31. The van der Waals surface area contributed by atoms with Crippen LogP contribution in [0.4, 0.5) is 0 Å². The average molecular weight is 292 g/mol. The first-order valence-corrected chi connectivity index (χ1v) is 8.21. The first kappa shape index (κ1) is 14.9. The number of benzene rings is 1. The number of hydrogen-bond acceptors (Lipinski definition) is 3. The van der Waals surface area contributed by atoms with Crippen LogP contribution in [0, 0.1) is 0 Å². The Bertz CT molecular complexity index is 722. The molecule has 20 heavy (non-hydrogen) atoms. The van der Waals surface area contributed by atoms with Crippen molar-refractivity contribution in [3.8, 4) is 0 Å². The zero-order valence-corrected chi connectivity index (χ0v) is 13.0. The van der Waals surface area contributed by atoms with E-state index in [4.69, 9.17) is 0 Å². The van der Waals surface area contributed by atoms with E-state index in [9.17, 15) is 8.42 Å². The fourth-order valence-electron chi connectivity index (χ4n) is 2.23. The van der Waals surface area contributed by atoms with Gasteiger partial charge in [0.2, 0.25) is 0 Å². The van der Waals surface area contributed by atoms with Crippen LogP contribution >= 0.6 is 0 Å². The number of pyridine rings is 1. The van der Waals surface area contributed by atoms with E-state index in [0.29, 0.717) is 11.3 Å². The molecule has 1 heterocycles. The van der Waals surface area contributed by atoms with Crippen LogP contribution in [-0.2, 0) is 10.0 Å². The molecule has 0 spiro atoms. The molecule has 1 aromatic carbocycles. The Morgan fingerprint density at radius 3 is 2.20 bits per heavy atom. The lowest BCUT2D eigenvalue weighted by molar-refractivity contribution is 0.567. The summed E-state index contributed by atoms with van der Waals surface area (Å²) in [7, 11) is -3.59. The predicted molar refractivity (Wildman–Crippen MR) is 81.3 cm³/mol. The van der Waals surface area contributed by atoms with E-state index in [1.807, 2.05) is 24.3 Å². The Kier molecular flexibility index (Phi) is 4.11. The molecule has 0 saturated carbocycles. The molecule has 0 unspecified atom stereocenters. The van der Waals surface area contributed by atoms with Gasteiger partial charge >= 0.3 is 0 Å². The van der Waals surface area contributed by atoms with Gasteiger partial charge in [0, 0.05) is 17.6 Å². The number of rotatable bonds is 4. The van der Waals surface area contributed by atoms with E-state index in [1.54, 1.807) is 20.0 Å². The molecular weight excluding hydrogens is 272 g/mol. The molecule has 1 aromatic heterocycles. The molecule has 0 amide bonds. The summed E-state index contributed by atoms with van der Waals surface area (Å²) in [5.74, 6) is 0.294. The molecule has 2 rings (SSSR count). The molecule has 2 aromatic rings. The highest BCUT2D eigenvalue weighted by Gasteiger charge is 2.21. The lowest BCUT2D eigenvalue weighted by atomic mass is 9.99. The SMILES string of the molecule is CC(C)NS(=O)(=O)c1ncc(C(C)C)c2ccccc12. The van der Waals surface area contributed by atoms with Gasteiger partial charge in [-0.2, -0.15) is 0 Å². The van der Waals surface area contributed by atoms with Crippen LogP contribution in [0.25, 0.3) is 10.8 Å². The van der Waals surface area contributed by atoms with Crippen molar-refractivity contribution in [1.29, 1.82) is 0 Å². The second-order valence-corrected chi connectivity index (χ2v) is 7.12. The summed E-state index contributed by atoms with van der Waals surface area (Å²) >= 11 is 0. The van der Waals surface area contributed by atoms with Gasteiger partial charge in [-0.1, -0.05) is 38.1 Å². The Hall–Kier alpha value is -1.46. The summed E-state index contributed by atoms with van der Waals surface area (Å²) in [6.07, 6.45) is 1.67. The second kappa shape index (κ2) is 5.50. The Morgan fingerprint density at radius 2 is 1.65 bits per heavy atom. The van der Waals surface area contributed by atoms with Crippen molar-refractivity contribution in [2.75, 3.05) is 0 Å². The molecule has 0 fully saturated rings. The van der Waals surface area contributed by atoms with Crippen molar-refractivity contribution >= 4 is 20.8 Å². The van der Waals surface area contributed by atoms with Crippen LogP contribution < -0.4 is 4.72 Å². The summed E-state index contributed by atoms with van der Waals surface area (Å²) in [6.45, 7) is 7.73. The number of nitrogens with one attached hydrogen (secondary N) is 1. The quantitative estimate of drug-likeness (QED) is 0.942. The highest BCUT2D eigenvalue weighted by atomic mass is 32.2. The highest BCUT2D eigenvalue weighted by molar-refractivity contribution is 7.89. The van der Waals surface area contributed by atoms with E-state index < -0.39 is 10.0 Å². The van der Waals surface area contributed by atoms with Crippen molar-refractivity contribution in [2.24, 2.45) is 0 Å².